The van der Waals surface area contributed by atoms with Gasteiger partial charge in [0.05, 0.1) is 6.10 Å². The molecule has 0 aromatic rings. The van der Waals surface area contributed by atoms with Crippen molar-refractivity contribution in [2.24, 2.45) is 11.3 Å². The van der Waals surface area contributed by atoms with E-state index in [0.717, 1.165) is 51.6 Å². The molecule has 0 aromatic carbocycles. The number of aldehydes is 1. The van der Waals surface area contributed by atoms with Crippen LogP contribution >= 0.6 is 0 Å². The van der Waals surface area contributed by atoms with Crippen LogP contribution in [0, 0.1) is 11.3 Å². The Labute approximate surface area is 109 Å². The second-order valence-corrected chi connectivity index (χ2v) is 5.95. The minimum atomic E-state index is -0.199. The molecule has 0 spiro atoms. The van der Waals surface area contributed by atoms with Crippen molar-refractivity contribution < 1.29 is 14.6 Å². The van der Waals surface area contributed by atoms with Gasteiger partial charge in [-0.3, -0.25) is 0 Å². The van der Waals surface area contributed by atoms with Crippen LogP contribution in [-0.4, -0.2) is 55.2 Å². The minimum Gasteiger partial charge on any atom is -0.393 e. The Bertz CT molecular complexity index is 266. The summed E-state index contributed by atoms with van der Waals surface area (Å²) in [5.41, 5.74) is -0.185. The Morgan fingerprint density at radius 2 is 2.00 bits per heavy atom. The molecular weight excluding hydrogens is 230 g/mol. The number of likely N-dealkylation sites (tertiary alicyclic amines) is 1. The van der Waals surface area contributed by atoms with E-state index in [1.807, 2.05) is 6.92 Å². The Morgan fingerprint density at radius 1 is 1.39 bits per heavy atom. The fourth-order valence-corrected chi connectivity index (χ4v) is 3.13. The molecule has 0 aliphatic carbocycles. The van der Waals surface area contributed by atoms with Gasteiger partial charge in [-0.15, -0.1) is 0 Å². The number of aliphatic hydroxyl groups excluding tert-OH is 1. The average Bonchev–Trinajstić information content (AvgIpc) is 2.40. The molecule has 0 radical (unpaired) electrons. The Balaban J connectivity index is 1.84. The number of carbonyl (C=O) groups excluding carboxylic acids is 1. The number of aliphatic hydroxyl groups is 1. The van der Waals surface area contributed by atoms with E-state index in [-0.39, 0.29) is 11.5 Å². The molecule has 2 aliphatic rings. The summed E-state index contributed by atoms with van der Waals surface area (Å²) >= 11 is 0. The van der Waals surface area contributed by atoms with Crippen molar-refractivity contribution in [1.29, 1.82) is 0 Å². The number of ether oxygens (including phenoxy) is 1. The predicted octanol–water partition coefficient (Wildman–Crippen LogP) is 1.07. The first kappa shape index (κ1) is 14.0. The molecule has 4 nitrogen and oxygen atoms in total. The summed E-state index contributed by atoms with van der Waals surface area (Å²) in [5, 5.41) is 9.59. The molecule has 2 fully saturated rings. The molecular formula is C14H25NO3. The summed E-state index contributed by atoms with van der Waals surface area (Å²) in [6.45, 7) is 6.18. The summed E-state index contributed by atoms with van der Waals surface area (Å²) in [6, 6.07) is 0. The molecule has 0 saturated carbocycles. The van der Waals surface area contributed by atoms with E-state index >= 15 is 0 Å². The third kappa shape index (κ3) is 3.31. The van der Waals surface area contributed by atoms with Crippen molar-refractivity contribution >= 4 is 6.29 Å². The maximum absolute atomic E-state index is 11.4. The van der Waals surface area contributed by atoms with Gasteiger partial charge in [-0.25, -0.2) is 0 Å². The van der Waals surface area contributed by atoms with Crippen LogP contribution in [0.25, 0.3) is 0 Å². The fourth-order valence-electron chi connectivity index (χ4n) is 3.13. The average molecular weight is 255 g/mol. The van der Waals surface area contributed by atoms with Crippen molar-refractivity contribution in [2.75, 3.05) is 32.8 Å². The van der Waals surface area contributed by atoms with Gasteiger partial charge in [-0.2, -0.15) is 0 Å². The lowest BCUT2D eigenvalue weighted by Crippen LogP contribution is -2.46. The second kappa shape index (κ2) is 6.13. The highest BCUT2D eigenvalue weighted by atomic mass is 16.5. The van der Waals surface area contributed by atoms with Crippen molar-refractivity contribution in [3.8, 4) is 0 Å². The number of carbonyl (C=O) groups is 1. The maximum Gasteiger partial charge on any atom is 0.127 e. The molecule has 2 aliphatic heterocycles. The van der Waals surface area contributed by atoms with Crippen LogP contribution in [-0.2, 0) is 9.53 Å². The first-order valence-corrected chi connectivity index (χ1v) is 7.10. The first-order valence-electron chi connectivity index (χ1n) is 7.10. The molecule has 1 atom stereocenters. The zero-order valence-corrected chi connectivity index (χ0v) is 11.3. The molecule has 2 saturated heterocycles. The van der Waals surface area contributed by atoms with Gasteiger partial charge in [-0.1, -0.05) is 0 Å². The molecule has 2 rings (SSSR count). The number of hydrogen-bond donors (Lipinski definition) is 1. The summed E-state index contributed by atoms with van der Waals surface area (Å²) in [5.74, 6) is 0.433. The van der Waals surface area contributed by atoms with E-state index in [9.17, 15) is 9.90 Å². The second-order valence-electron chi connectivity index (χ2n) is 5.95. The molecule has 18 heavy (non-hydrogen) atoms. The van der Waals surface area contributed by atoms with Gasteiger partial charge in [0, 0.05) is 25.2 Å². The van der Waals surface area contributed by atoms with Crippen LogP contribution in [0.5, 0.6) is 0 Å². The molecule has 1 N–H and O–H groups in total. The van der Waals surface area contributed by atoms with Gasteiger partial charge in [0.2, 0.25) is 0 Å². The quantitative estimate of drug-likeness (QED) is 0.764. The Morgan fingerprint density at radius 3 is 2.50 bits per heavy atom. The lowest BCUT2D eigenvalue weighted by atomic mass is 9.80. The van der Waals surface area contributed by atoms with Gasteiger partial charge >= 0.3 is 0 Å². The molecule has 0 aromatic heterocycles. The van der Waals surface area contributed by atoms with Crippen molar-refractivity contribution in [3.63, 3.8) is 0 Å². The van der Waals surface area contributed by atoms with Gasteiger partial charge < -0.3 is 19.5 Å². The van der Waals surface area contributed by atoms with Gasteiger partial charge in [0.25, 0.3) is 0 Å². The summed E-state index contributed by atoms with van der Waals surface area (Å²) < 4.78 is 5.35. The zero-order chi connectivity index (χ0) is 13.0. The Kier molecular flexibility index (Phi) is 4.76. The van der Waals surface area contributed by atoms with Crippen LogP contribution in [0.2, 0.25) is 0 Å². The molecule has 104 valence electrons. The van der Waals surface area contributed by atoms with Crippen molar-refractivity contribution in [2.45, 2.75) is 38.7 Å². The van der Waals surface area contributed by atoms with E-state index in [1.54, 1.807) is 0 Å². The Hall–Kier alpha value is -0.450. The highest BCUT2D eigenvalue weighted by Crippen LogP contribution is 2.31. The third-order valence-corrected chi connectivity index (χ3v) is 4.59. The molecule has 1 unspecified atom stereocenters. The highest BCUT2D eigenvalue weighted by molar-refractivity contribution is 5.60. The van der Waals surface area contributed by atoms with Gasteiger partial charge in [-0.05, 0) is 51.6 Å². The highest BCUT2D eigenvalue weighted by Gasteiger charge is 2.35. The number of hydrogen-bond acceptors (Lipinski definition) is 4. The van der Waals surface area contributed by atoms with Crippen molar-refractivity contribution in [3.05, 3.63) is 0 Å². The van der Waals surface area contributed by atoms with Gasteiger partial charge in [0.15, 0.2) is 0 Å². The SMILES string of the molecule is CC(O)C1CCN(CC2(C=O)CCOCC2)CC1. The standard InChI is InChI=1S/C14H25NO3/c1-12(17)13-2-6-15(7-3-13)10-14(11-16)4-8-18-9-5-14/h11-13,17H,2-10H2,1H3. The third-order valence-electron chi connectivity index (χ3n) is 4.59. The van der Waals surface area contributed by atoms with Crippen LogP contribution < -0.4 is 0 Å². The van der Waals surface area contributed by atoms with E-state index in [0.29, 0.717) is 19.1 Å². The number of nitrogens with zero attached hydrogens (tertiary/aromatic N) is 1. The summed E-state index contributed by atoms with van der Waals surface area (Å²) in [4.78, 5) is 13.8. The fraction of sp³-hybridized carbons (Fsp3) is 0.929. The van der Waals surface area contributed by atoms with E-state index < -0.39 is 0 Å². The van der Waals surface area contributed by atoms with Crippen LogP contribution in [0.4, 0.5) is 0 Å². The largest absolute Gasteiger partial charge is 0.393 e. The zero-order valence-electron chi connectivity index (χ0n) is 11.3. The first-order chi connectivity index (χ1) is 8.65. The van der Waals surface area contributed by atoms with E-state index in [1.165, 1.54) is 0 Å². The minimum absolute atomic E-state index is 0.185. The molecule has 4 heteroatoms. The van der Waals surface area contributed by atoms with Crippen LogP contribution in [0.15, 0.2) is 0 Å². The molecule has 0 amide bonds. The van der Waals surface area contributed by atoms with Gasteiger partial charge in [0.1, 0.15) is 6.29 Å². The van der Waals surface area contributed by atoms with Crippen molar-refractivity contribution in [1.82, 2.24) is 4.90 Å². The molecule has 2 heterocycles. The smallest absolute Gasteiger partial charge is 0.127 e. The molecule has 0 bridgehead atoms. The lowest BCUT2D eigenvalue weighted by molar-refractivity contribution is -0.123. The predicted molar refractivity (Wildman–Crippen MR) is 69.4 cm³/mol. The number of piperidine rings is 1. The van der Waals surface area contributed by atoms with Crippen LogP contribution in [0.1, 0.15) is 32.6 Å². The van der Waals surface area contributed by atoms with E-state index in [2.05, 4.69) is 4.90 Å². The normalized spacial score (nSPS) is 27.9. The topological polar surface area (TPSA) is 49.8 Å². The maximum atomic E-state index is 11.4. The number of rotatable bonds is 4. The monoisotopic (exact) mass is 255 g/mol. The lowest BCUT2D eigenvalue weighted by Gasteiger charge is -2.40. The summed E-state index contributed by atoms with van der Waals surface area (Å²) in [7, 11) is 0. The summed E-state index contributed by atoms with van der Waals surface area (Å²) in [6.07, 6.45) is 4.75. The van der Waals surface area contributed by atoms with Crippen LogP contribution in [0.3, 0.4) is 0 Å². The van der Waals surface area contributed by atoms with E-state index in [4.69, 9.17) is 4.74 Å².